The van der Waals surface area contributed by atoms with Crippen LogP contribution in [0.2, 0.25) is 0 Å². The van der Waals surface area contributed by atoms with Crippen LogP contribution >= 0.6 is 0 Å². The van der Waals surface area contributed by atoms with E-state index in [-0.39, 0.29) is 0 Å². The third-order valence-electron chi connectivity index (χ3n) is 3.56. The Kier molecular flexibility index (Phi) is 3.15. The van der Waals surface area contributed by atoms with Crippen LogP contribution in [0.15, 0.2) is 18.6 Å². The van der Waals surface area contributed by atoms with Crippen LogP contribution in [0, 0.1) is 0 Å². The van der Waals surface area contributed by atoms with Crippen LogP contribution < -0.4 is 10.6 Å². The zero-order valence-corrected chi connectivity index (χ0v) is 10.7. The van der Waals surface area contributed by atoms with Gasteiger partial charge in [0.2, 0.25) is 0 Å². The summed E-state index contributed by atoms with van der Waals surface area (Å²) in [5.41, 5.74) is 2.09. The van der Waals surface area contributed by atoms with E-state index in [9.17, 15) is 0 Å². The van der Waals surface area contributed by atoms with Crippen molar-refractivity contribution in [2.24, 2.45) is 7.05 Å². The van der Waals surface area contributed by atoms with Gasteiger partial charge in [0, 0.05) is 19.3 Å². The molecule has 0 saturated carbocycles. The van der Waals surface area contributed by atoms with Crippen molar-refractivity contribution >= 4 is 16.9 Å². The number of nitrogens with zero attached hydrogens (tertiary/aromatic N) is 3. The topological polar surface area (TPSA) is 54.8 Å². The number of imidazole rings is 1. The fraction of sp³-hybridized carbons (Fsp3) is 0.538. The summed E-state index contributed by atoms with van der Waals surface area (Å²) in [5, 5.41) is 6.97. The van der Waals surface area contributed by atoms with Gasteiger partial charge in [-0.3, -0.25) is 0 Å². The first-order valence-electron chi connectivity index (χ1n) is 6.58. The number of pyridine rings is 1. The molecule has 2 aromatic heterocycles. The van der Waals surface area contributed by atoms with Gasteiger partial charge >= 0.3 is 0 Å². The summed E-state index contributed by atoms with van der Waals surface area (Å²) in [4.78, 5) is 8.87. The smallest absolute Gasteiger partial charge is 0.154 e. The van der Waals surface area contributed by atoms with Crippen LogP contribution in [0.1, 0.15) is 19.3 Å². The van der Waals surface area contributed by atoms with Gasteiger partial charge in [0.25, 0.3) is 0 Å². The monoisotopic (exact) mass is 245 g/mol. The Labute approximate surface area is 107 Å². The number of fused-ring (bicyclic) bond motifs is 1. The van der Waals surface area contributed by atoms with Crippen LogP contribution in [0.5, 0.6) is 0 Å². The van der Waals surface area contributed by atoms with Gasteiger partial charge in [-0.15, -0.1) is 0 Å². The molecule has 1 unspecified atom stereocenters. The highest BCUT2D eigenvalue weighted by Gasteiger charge is 2.14. The molecular formula is C13H19N5. The molecule has 96 valence electrons. The number of hydrogen-bond donors (Lipinski definition) is 2. The van der Waals surface area contributed by atoms with E-state index in [1.165, 1.54) is 12.8 Å². The standard InChI is InChI=1S/C13H19N5/c1-18-9-16-12-11(18)5-8-15-13(12)17-10-3-2-6-14-7-4-10/h5,8-10,14H,2-4,6-7H2,1H3,(H,15,17). The fourth-order valence-electron chi connectivity index (χ4n) is 2.52. The molecule has 1 aliphatic heterocycles. The second-order valence-corrected chi connectivity index (χ2v) is 4.90. The minimum absolute atomic E-state index is 0.500. The molecule has 3 heterocycles. The number of nitrogens with one attached hydrogen (secondary N) is 2. The van der Waals surface area contributed by atoms with E-state index < -0.39 is 0 Å². The van der Waals surface area contributed by atoms with Crippen molar-refractivity contribution in [3.05, 3.63) is 18.6 Å². The molecule has 2 N–H and O–H groups in total. The third-order valence-corrected chi connectivity index (χ3v) is 3.56. The molecule has 0 spiro atoms. The van der Waals surface area contributed by atoms with Crippen molar-refractivity contribution in [3.8, 4) is 0 Å². The minimum Gasteiger partial charge on any atom is -0.365 e. The van der Waals surface area contributed by atoms with E-state index >= 15 is 0 Å². The van der Waals surface area contributed by atoms with Gasteiger partial charge in [-0.2, -0.15) is 0 Å². The van der Waals surface area contributed by atoms with Crippen LogP contribution in [-0.2, 0) is 7.05 Å². The van der Waals surface area contributed by atoms with Gasteiger partial charge in [0.05, 0.1) is 11.8 Å². The number of hydrogen-bond acceptors (Lipinski definition) is 4. The summed E-state index contributed by atoms with van der Waals surface area (Å²) in [6.45, 7) is 2.20. The summed E-state index contributed by atoms with van der Waals surface area (Å²) in [6, 6.07) is 2.50. The zero-order valence-electron chi connectivity index (χ0n) is 10.7. The Morgan fingerprint density at radius 1 is 1.33 bits per heavy atom. The molecule has 18 heavy (non-hydrogen) atoms. The molecule has 0 amide bonds. The molecule has 1 atom stereocenters. The average molecular weight is 245 g/mol. The Morgan fingerprint density at radius 3 is 3.22 bits per heavy atom. The second kappa shape index (κ2) is 4.94. The first-order chi connectivity index (χ1) is 8.84. The molecule has 0 aromatic carbocycles. The summed E-state index contributed by atoms with van der Waals surface area (Å²) in [5.74, 6) is 0.917. The highest BCUT2D eigenvalue weighted by Crippen LogP contribution is 2.21. The molecule has 1 fully saturated rings. The lowest BCUT2D eigenvalue weighted by Gasteiger charge is -2.16. The van der Waals surface area contributed by atoms with Crippen LogP contribution in [0.25, 0.3) is 11.0 Å². The second-order valence-electron chi connectivity index (χ2n) is 4.90. The maximum absolute atomic E-state index is 4.44. The van der Waals surface area contributed by atoms with Gasteiger partial charge in [-0.1, -0.05) is 0 Å². The quantitative estimate of drug-likeness (QED) is 0.842. The summed E-state index contributed by atoms with van der Waals surface area (Å²) >= 11 is 0. The van der Waals surface area contributed by atoms with Gasteiger partial charge in [-0.25, -0.2) is 9.97 Å². The van der Waals surface area contributed by atoms with Crippen molar-refractivity contribution in [1.29, 1.82) is 0 Å². The van der Waals surface area contributed by atoms with E-state index in [1.807, 2.05) is 30.2 Å². The molecule has 0 radical (unpaired) electrons. The van der Waals surface area contributed by atoms with Crippen molar-refractivity contribution in [2.75, 3.05) is 18.4 Å². The predicted octanol–water partition coefficient (Wildman–Crippen LogP) is 1.52. The first-order valence-corrected chi connectivity index (χ1v) is 6.58. The molecule has 3 rings (SSSR count). The van der Waals surface area contributed by atoms with Gasteiger partial charge in [0.1, 0.15) is 5.52 Å². The van der Waals surface area contributed by atoms with E-state index in [4.69, 9.17) is 0 Å². The van der Waals surface area contributed by atoms with E-state index in [2.05, 4.69) is 20.6 Å². The van der Waals surface area contributed by atoms with Crippen molar-refractivity contribution in [2.45, 2.75) is 25.3 Å². The van der Waals surface area contributed by atoms with E-state index in [0.29, 0.717) is 6.04 Å². The maximum atomic E-state index is 4.44. The lowest BCUT2D eigenvalue weighted by atomic mass is 10.1. The lowest BCUT2D eigenvalue weighted by Crippen LogP contribution is -2.22. The summed E-state index contributed by atoms with van der Waals surface area (Å²) in [7, 11) is 2.01. The Morgan fingerprint density at radius 2 is 2.28 bits per heavy atom. The lowest BCUT2D eigenvalue weighted by molar-refractivity contribution is 0.635. The summed E-state index contributed by atoms with van der Waals surface area (Å²) in [6.07, 6.45) is 7.24. The van der Waals surface area contributed by atoms with Crippen molar-refractivity contribution in [1.82, 2.24) is 19.9 Å². The molecule has 2 aromatic rings. The summed E-state index contributed by atoms with van der Waals surface area (Å²) < 4.78 is 2.02. The predicted molar refractivity (Wildman–Crippen MR) is 72.6 cm³/mol. The molecular weight excluding hydrogens is 226 g/mol. The molecule has 1 aliphatic rings. The zero-order chi connectivity index (χ0) is 12.4. The molecule has 0 aliphatic carbocycles. The maximum Gasteiger partial charge on any atom is 0.154 e. The normalized spacial score (nSPS) is 20.8. The number of anilines is 1. The fourth-order valence-corrected chi connectivity index (χ4v) is 2.52. The van der Waals surface area contributed by atoms with Gasteiger partial charge < -0.3 is 15.2 Å². The first kappa shape index (κ1) is 11.5. The molecule has 0 bridgehead atoms. The number of aryl methyl sites for hydroxylation is 1. The van der Waals surface area contributed by atoms with E-state index in [0.717, 1.165) is 36.4 Å². The van der Waals surface area contributed by atoms with Crippen LogP contribution in [0.3, 0.4) is 0 Å². The highest BCUT2D eigenvalue weighted by atomic mass is 15.1. The Bertz CT molecular complexity index is 525. The number of aromatic nitrogens is 3. The van der Waals surface area contributed by atoms with Crippen LogP contribution in [0.4, 0.5) is 5.82 Å². The van der Waals surface area contributed by atoms with Crippen molar-refractivity contribution < 1.29 is 0 Å². The highest BCUT2D eigenvalue weighted by molar-refractivity contribution is 5.85. The third kappa shape index (κ3) is 2.18. The van der Waals surface area contributed by atoms with Gasteiger partial charge in [0.15, 0.2) is 5.82 Å². The SMILES string of the molecule is Cn1cnc2c(NC3CCCNCC3)nccc21. The van der Waals surface area contributed by atoms with Gasteiger partial charge in [-0.05, 0) is 38.4 Å². The minimum atomic E-state index is 0.500. The number of rotatable bonds is 2. The largest absolute Gasteiger partial charge is 0.365 e. The Hall–Kier alpha value is -1.62. The Balaban J connectivity index is 1.85. The van der Waals surface area contributed by atoms with Crippen LogP contribution in [-0.4, -0.2) is 33.7 Å². The molecule has 5 nitrogen and oxygen atoms in total. The van der Waals surface area contributed by atoms with E-state index in [1.54, 1.807) is 0 Å². The van der Waals surface area contributed by atoms with Crippen molar-refractivity contribution in [3.63, 3.8) is 0 Å². The average Bonchev–Trinajstić information content (AvgIpc) is 2.62. The molecule has 5 heteroatoms. The molecule has 1 saturated heterocycles.